The quantitative estimate of drug-likeness (QED) is 0.611. The van der Waals surface area contributed by atoms with Crippen LogP contribution in [0, 0.1) is 0 Å². The number of β-amino-alcohol motifs (C(OH)–C–C–N with tert-alkyl or cyclic N) is 1. The molecule has 1 atom stereocenters. The summed E-state index contributed by atoms with van der Waals surface area (Å²) >= 11 is 1.49. The number of thiophene rings is 1. The Morgan fingerprint density at radius 1 is 1.24 bits per heavy atom. The van der Waals surface area contributed by atoms with Crippen LogP contribution in [0.2, 0.25) is 0 Å². The number of aromatic nitrogens is 5. The van der Waals surface area contributed by atoms with Crippen LogP contribution in [0.15, 0.2) is 6.07 Å². The number of aliphatic hydroxyl groups excluding tert-OH is 1. The van der Waals surface area contributed by atoms with Crippen LogP contribution >= 0.6 is 11.3 Å². The van der Waals surface area contributed by atoms with E-state index in [1.54, 1.807) is 0 Å². The summed E-state index contributed by atoms with van der Waals surface area (Å²) in [5, 5.41) is 17.7. The van der Waals surface area contributed by atoms with Crippen LogP contribution in [0.5, 0.6) is 0 Å². The number of carbonyl (C=O) groups is 1. The number of fused-ring (bicyclic) bond motifs is 2. The molecule has 0 aromatic carbocycles. The number of rotatable bonds is 4. The summed E-state index contributed by atoms with van der Waals surface area (Å²) in [6.45, 7) is 3.12. The summed E-state index contributed by atoms with van der Waals surface area (Å²) in [7, 11) is 0. The van der Waals surface area contributed by atoms with Gasteiger partial charge in [-0.25, -0.2) is 9.97 Å². The minimum absolute atomic E-state index is 0.0273. The topological polar surface area (TPSA) is 100 Å². The Bertz CT molecular complexity index is 1210. The Morgan fingerprint density at radius 3 is 2.76 bits per heavy atom. The van der Waals surface area contributed by atoms with E-state index < -0.39 is 18.1 Å². The Kier molecular flexibility index (Phi) is 5.47. The fourth-order valence-electron chi connectivity index (χ4n) is 4.28. The molecule has 5 rings (SSSR count). The zero-order valence-electron chi connectivity index (χ0n) is 17.8. The first-order valence-corrected chi connectivity index (χ1v) is 11.6. The number of aryl methyl sites for hydroxylation is 1. The zero-order valence-corrected chi connectivity index (χ0v) is 18.7. The molecule has 2 aliphatic rings. The number of likely N-dealkylation sites (tertiary alicyclic amines) is 1. The van der Waals surface area contributed by atoms with E-state index in [0.29, 0.717) is 23.6 Å². The molecule has 0 spiro atoms. The van der Waals surface area contributed by atoms with Crippen molar-refractivity contribution in [1.82, 2.24) is 29.6 Å². The maximum absolute atomic E-state index is 13.2. The van der Waals surface area contributed by atoms with Crippen molar-refractivity contribution in [3.63, 3.8) is 0 Å². The third-order valence-electron chi connectivity index (χ3n) is 5.87. The lowest BCUT2D eigenvalue weighted by atomic mass is 10.2. The van der Waals surface area contributed by atoms with Crippen LogP contribution < -0.4 is 4.90 Å². The van der Waals surface area contributed by atoms with Crippen molar-refractivity contribution in [3.8, 4) is 0 Å². The SMILES string of the molecule is CCCc1cc2c(N3CCn4c(nnc4C(F)(F)F)C3)nc(C(=O)N3CCC(O)C3)nc2s1. The van der Waals surface area contributed by atoms with E-state index in [2.05, 4.69) is 27.1 Å². The van der Waals surface area contributed by atoms with Crippen molar-refractivity contribution in [2.45, 2.75) is 51.6 Å². The molecule has 5 heterocycles. The van der Waals surface area contributed by atoms with E-state index in [-0.39, 0.29) is 43.7 Å². The molecule has 1 amide bonds. The summed E-state index contributed by atoms with van der Waals surface area (Å²) in [4.78, 5) is 27.2. The lowest BCUT2D eigenvalue weighted by Gasteiger charge is -2.29. The number of aliphatic hydroxyl groups is 1. The highest BCUT2D eigenvalue weighted by Crippen LogP contribution is 2.35. The van der Waals surface area contributed by atoms with E-state index in [1.165, 1.54) is 16.2 Å². The Hall–Kier alpha value is -2.80. The van der Waals surface area contributed by atoms with Crippen LogP contribution in [0.3, 0.4) is 0 Å². The molecule has 13 heteroatoms. The monoisotopic (exact) mass is 481 g/mol. The van der Waals surface area contributed by atoms with E-state index in [9.17, 15) is 23.1 Å². The predicted molar refractivity (Wildman–Crippen MR) is 114 cm³/mol. The molecule has 9 nitrogen and oxygen atoms in total. The van der Waals surface area contributed by atoms with Crippen molar-refractivity contribution in [2.24, 2.45) is 0 Å². The molecule has 2 aliphatic heterocycles. The number of halogens is 3. The first-order valence-electron chi connectivity index (χ1n) is 10.8. The standard InChI is InChI=1S/C20H22F3N7O2S/c1-2-3-12-8-13-16(28-6-7-30-14(10-28)26-27-19(30)20(21,22)23)24-15(25-17(13)33-12)18(32)29-5-4-11(31)9-29/h8,11,31H,2-7,9-10H2,1H3. The van der Waals surface area contributed by atoms with Crippen LogP contribution in [0.25, 0.3) is 10.2 Å². The van der Waals surface area contributed by atoms with Gasteiger partial charge in [0.15, 0.2) is 5.82 Å². The number of amides is 1. The molecular formula is C20H22F3N7O2S. The fourth-order valence-corrected chi connectivity index (χ4v) is 5.40. The van der Waals surface area contributed by atoms with Crippen molar-refractivity contribution in [3.05, 3.63) is 28.4 Å². The van der Waals surface area contributed by atoms with Gasteiger partial charge in [-0.05, 0) is 18.9 Å². The maximum atomic E-state index is 13.2. The molecule has 1 unspecified atom stereocenters. The summed E-state index contributed by atoms with van der Waals surface area (Å²) in [6.07, 6.45) is -2.83. The largest absolute Gasteiger partial charge is 0.451 e. The van der Waals surface area contributed by atoms with Gasteiger partial charge < -0.3 is 19.5 Å². The van der Waals surface area contributed by atoms with Crippen molar-refractivity contribution >= 4 is 33.3 Å². The average Bonchev–Trinajstić information content (AvgIpc) is 3.49. The van der Waals surface area contributed by atoms with Gasteiger partial charge in [-0.3, -0.25) is 4.79 Å². The van der Waals surface area contributed by atoms with Gasteiger partial charge >= 0.3 is 6.18 Å². The third-order valence-corrected chi connectivity index (χ3v) is 6.96. The highest BCUT2D eigenvalue weighted by atomic mass is 32.1. The zero-order chi connectivity index (χ0) is 23.3. The lowest BCUT2D eigenvalue weighted by Crippen LogP contribution is -2.37. The van der Waals surface area contributed by atoms with E-state index in [1.807, 2.05) is 11.0 Å². The van der Waals surface area contributed by atoms with Crippen molar-refractivity contribution in [1.29, 1.82) is 0 Å². The lowest BCUT2D eigenvalue weighted by molar-refractivity contribution is -0.147. The van der Waals surface area contributed by atoms with E-state index >= 15 is 0 Å². The number of hydrogen-bond donors (Lipinski definition) is 1. The Morgan fingerprint density at radius 2 is 2.06 bits per heavy atom. The van der Waals surface area contributed by atoms with E-state index in [4.69, 9.17) is 0 Å². The highest BCUT2D eigenvalue weighted by molar-refractivity contribution is 7.18. The molecule has 33 heavy (non-hydrogen) atoms. The summed E-state index contributed by atoms with van der Waals surface area (Å²) in [5.41, 5.74) is 0. The van der Waals surface area contributed by atoms with Crippen LogP contribution in [-0.2, 0) is 25.7 Å². The highest BCUT2D eigenvalue weighted by Gasteiger charge is 2.40. The fraction of sp³-hybridized carbons (Fsp3) is 0.550. The second-order valence-corrected chi connectivity index (χ2v) is 9.37. The average molecular weight is 482 g/mol. The molecule has 3 aromatic heterocycles. The molecule has 0 bridgehead atoms. The number of alkyl halides is 3. The first kappa shape index (κ1) is 22.0. The molecule has 0 radical (unpaired) electrons. The Balaban J connectivity index is 1.53. The molecule has 0 aliphatic carbocycles. The minimum Gasteiger partial charge on any atom is -0.391 e. The number of anilines is 1. The van der Waals surface area contributed by atoms with Gasteiger partial charge in [0, 0.05) is 31.1 Å². The normalized spacial score (nSPS) is 18.9. The number of carbonyl (C=O) groups excluding carboxylic acids is 1. The van der Waals surface area contributed by atoms with Crippen LogP contribution in [-0.4, -0.2) is 66.4 Å². The van der Waals surface area contributed by atoms with Crippen molar-refractivity contribution < 1.29 is 23.1 Å². The Labute approximate surface area is 190 Å². The number of hydrogen-bond acceptors (Lipinski definition) is 8. The molecule has 0 saturated carbocycles. The van der Waals surface area contributed by atoms with Gasteiger partial charge in [-0.1, -0.05) is 13.3 Å². The second-order valence-electron chi connectivity index (χ2n) is 8.26. The third kappa shape index (κ3) is 4.03. The number of nitrogens with zero attached hydrogens (tertiary/aromatic N) is 7. The van der Waals surface area contributed by atoms with Gasteiger partial charge in [0.25, 0.3) is 5.91 Å². The van der Waals surface area contributed by atoms with Crippen LogP contribution in [0.4, 0.5) is 19.0 Å². The smallest absolute Gasteiger partial charge is 0.391 e. The molecule has 3 aromatic rings. The van der Waals surface area contributed by atoms with Gasteiger partial charge in [0.05, 0.1) is 18.0 Å². The van der Waals surface area contributed by atoms with Crippen molar-refractivity contribution in [2.75, 3.05) is 24.5 Å². The molecule has 1 N–H and O–H groups in total. The summed E-state index contributed by atoms with van der Waals surface area (Å²) < 4.78 is 40.7. The molecule has 176 valence electrons. The molecule has 1 fully saturated rings. The van der Waals surface area contributed by atoms with Crippen LogP contribution in [0.1, 0.15) is 46.9 Å². The first-order chi connectivity index (χ1) is 15.7. The maximum Gasteiger partial charge on any atom is 0.451 e. The summed E-state index contributed by atoms with van der Waals surface area (Å²) in [5.74, 6) is -0.641. The van der Waals surface area contributed by atoms with Gasteiger partial charge in [0.1, 0.15) is 10.6 Å². The molecule has 1 saturated heterocycles. The minimum atomic E-state index is -4.57. The van der Waals surface area contributed by atoms with Gasteiger partial charge in [0.2, 0.25) is 11.6 Å². The second kappa shape index (κ2) is 8.20. The van der Waals surface area contributed by atoms with Gasteiger partial charge in [-0.15, -0.1) is 21.5 Å². The molecular weight excluding hydrogens is 459 g/mol. The van der Waals surface area contributed by atoms with Gasteiger partial charge in [-0.2, -0.15) is 13.2 Å². The van der Waals surface area contributed by atoms with E-state index in [0.717, 1.165) is 27.7 Å². The summed E-state index contributed by atoms with van der Waals surface area (Å²) in [6, 6.07) is 1.99. The predicted octanol–water partition coefficient (Wildman–Crippen LogP) is 2.48.